The summed E-state index contributed by atoms with van der Waals surface area (Å²) in [6.07, 6.45) is 0. The second-order valence-corrected chi connectivity index (χ2v) is 3.67. The third kappa shape index (κ3) is 1.56. The molecule has 0 aromatic carbocycles. The van der Waals surface area contributed by atoms with Crippen LogP contribution < -0.4 is 12.4 Å². The number of quaternary nitrogens is 1. The lowest BCUT2D eigenvalue weighted by molar-refractivity contribution is -0.934. The van der Waals surface area contributed by atoms with E-state index in [1.54, 1.807) is 0 Å². The van der Waals surface area contributed by atoms with Crippen LogP contribution in [-0.4, -0.2) is 55.2 Å². The van der Waals surface area contributed by atoms with Crippen molar-refractivity contribution in [3.05, 3.63) is 0 Å². The maximum Gasteiger partial charge on any atom is 0.166 e. The Morgan fingerprint density at radius 2 is 1.67 bits per heavy atom. The zero-order valence-corrected chi connectivity index (χ0v) is 7.93. The van der Waals surface area contributed by atoms with Gasteiger partial charge >= 0.3 is 0 Å². The van der Waals surface area contributed by atoms with Crippen LogP contribution in [0, 0.1) is 11.3 Å². The van der Waals surface area contributed by atoms with Crippen molar-refractivity contribution in [2.24, 2.45) is 0 Å². The number of fused-ring (bicyclic) bond motifs is 3. The van der Waals surface area contributed by atoms with E-state index in [4.69, 9.17) is 5.26 Å². The fraction of sp³-hybridized carbons (Fsp3) is 0.875. The number of nitrogens with zero attached hydrogens (tertiary/aromatic N) is 3. The number of nitriles is 1. The van der Waals surface area contributed by atoms with E-state index >= 15 is 0 Å². The van der Waals surface area contributed by atoms with Crippen molar-refractivity contribution in [1.29, 1.82) is 5.26 Å². The molecule has 3 rings (SSSR count). The fourth-order valence-corrected chi connectivity index (χ4v) is 2.12. The molecular weight excluding hydrogens is 174 g/mol. The van der Waals surface area contributed by atoms with E-state index in [9.17, 15) is 0 Å². The summed E-state index contributed by atoms with van der Waals surface area (Å²) in [4.78, 5) is 2.50. The van der Waals surface area contributed by atoms with Gasteiger partial charge in [-0.3, -0.25) is 4.90 Å². The van der Waals surface area contributed by atoms with Gasteiger partial charge in [0.2, 0.25) is 0 Å². The van der Waals surface area contributed by atoms with Gasteiger partial charge in [-0.25, -0.2) is 0 Å². The van der Waals surface area contributed by atoms with Crippen molar-refractivity contribution in [3.63, 3.8) is 0 Å². The van der Waals surface area contributed by atoms with Gasteiger partial charge in [0, 0.05) is 19.6 Å². The van der Waals surface area contributed by atoms with Gasteiger partial charge in [-0.1, -0.05) is 0 Å². The lowest BCUT2D eigenvalue weighted by Gasteiger charge is -2.49. The third-order valence-electron chi connectivity index (χ3n) is 3.08. The van der Waals surface area contributed by atoms with Gasteiger partial charge in [0.15, 0.2) is 6.54 Å². The first-order chi connectivity index (χ1) is 5.35. The quantitative estimate of drug-likeness (QED) is 0.317. The lowest BCUT2D eigenvalue weighted by Crippen LogP contribution is -3.00. The summed E-state index contributed by atoms with van der Waals surface area (Å²) < 4.78 is 1.08. The molecule has 3 heterocycles. The minimum atomic E-state index is 0. The van der Waals surface area contributed by atoms with Crippen LogP contribution in [0.25, 0.3) is 0 Å². The van der Waals surface area contributed by atoms with Crippen LogP contribution >= 0.6 is 0 Å². The number of hydrogen-bond donors (Lipinski definition) is 0. The molecule has 0 saturated carbocycles. The molecule has 0 unspecified atom stereocenters. The highest BCUT2D eigenvalue weighted by molar-refractivity contribution is 4.77. The summed E-state index contributed by atoms with van der Waals surface area (Å²) in [7, 11) is 0. The van der Waals surface area contributed by atoms with E-state index in [1.807, 2.05) is 0 Å². The molecule has 12 heavy (non-hydrogen) atoms. The minimum Gasteiger partial charge on any atom is -1.00 e. The Kier molecular flexibility index (Phi) is 2.94. The first kappa shape index (κ1) is 9.79. The van der Waals surface area contributed by atoms with Crippen LogP contribution in [0.2, 0.25) is 0 Å². The highest BCUT2D eigenvalue weighted by Crippen LogP contribution is 2.18. The summed E-state index contributed by atoms with van der Waals surface area (Å²) in [5, 5.41) is 8.65. The Morgan fingerprint density at radius 3 is 2.08 bits per heavy atom. The SMILES string of the molecule is N#CC[N+]12CCN(CC1)CC2.[Cl-]. The fourth-order valence-electron chi connectivity index (χ4n) is 2.12. The van der Waals surface area contributed by atoms with Gasteiger partial charge in [-0.2, -0.15) is 5.26 Å². The number of piperazine rings is 3. The molecule has 0 amide bonds. The molecule has 68 valence electrons. The molecule has 0 N–H and O–H groups in total. The molecule has 3 nitrogen and oxygen atoms in total. The molecule has 3 aliphatic rings. The largest absolute Gasteiger partial charge is 1.00 e. The van der Waals surface area contributed by atoms with Gasteiger partial charge < -0.3 is 16.9 Å². The number of rotatable bonds is 1. The summed E-state index contributed by atoms with van der Waals surface area (Å²) in [5.41, 5.74) is 0. The van der Waals surface area contributed by atoms with Crippen molar-refractivity contribution < 1.29 is 16.9 Å². The Hall–Kier alpha value is -0.300. The van der Waals surface area contributed by atoms with E-state index in [1.165, 1.54) is 39.3 Å². The molecule has 3 saturated heterocycles. The highest BCUT2D eigenvalue weighted by Gasteiger charge is 2.37. The first-order valence-electron chi connectivity index (χ1n) is 4.29. The first-order valence-corrected chi connectivity index (χ1v) is 4.29. The lowest BCUT2D eigenvalue weighted by atomic mass is 10.1. The van der Waals surface area contributed by atoms with Crippen LogP contribution in [0.3, 0.4) is 0 Å². The van der Waals surface area contributed by atoms with E-state index in [2.05, 4.69) is 11.0 Å². The number of hydrogen-bond acceptors (Lipinski definition) is 2. The number of halogens is 1. The summed E-state index contributed by atoms with van der Waals surface area (Å²) >= 11 is 0. The molecule has 0 aromatic rings. The highest BCUT2D eigenvalue weighted by atomic mass is 35.5. The Morgan fingerprint density at radius 1 is 1.17 bits per heavy atom. The Bertz CT molecular complexity index is 177. The molecule has 0 aliphatic carbocycles. The van der Waals surface area contributed by atoms with Crippen LogP contribution in [0.5, 0.6) is 0 Å². The average Bonchev–Trinajstić information content (AvgIpc) is 2.07. The smallest absolute Gasteiger partial charge is 0.166 e. The van der Waals surface area contributed by atoms with E-state index in [0.29, 0.717) is 0 Å². The molecule has 3 aliphatic heterocycles. The van der Waals surface area contributed by atoms with Crippen LogP contribution in [-0.2, 0) is 0 Å². The normalized spacial score (nSPS) is 38.4. The molecule has 0 aromatic heterocycles. The van der Waals surface area contributed by atoms with Gasteiger partial charge in [0.05, 0.1) is 19.6 Å². The second-order valence-electron chi connectivity index (χ2n) is 3.67. The molecule has 0 spiro atoms. The van der Waals surface area contributed by atoms with Crippen LogP contribution in [0.4, 0.5) is 0 Å². The van der Waals surface area contributed by atoms with Gasteiger partial charge in [-0.15, -0.1) is 0 Å². The molecule has 4 heteroatoms. The van der Waals surface area contributed by atoms with Gasteiger partial charge in [-0.05, 0) is 0 Å². The average molecular weight is 188 g/mol. The van der Waals surface area contributed by atoms with Crippen molar-refractivity contribution in [1.82, 2.24) is 4.90 Å². The van der Waals surface area contributed by atoms with E-state index in [-0.39, 0.29) is 12.4 Å². The monoisotopic (exact) mass is 187 g/mol. The van der Waals surface area contributed by atoms with Crippen molar-refractivity contribution in [2.45, 2.75) is 0 Å². The molecule has 3 fully saturated rings. The summed E-state index contributed by atoms with van der Waals surface area (Å²) in [6.45, 7) is 7.97. The molecular formula is C8H14ClN3. The minimum absolute atomic E-state index is 0. The topological polar surface area (TPSA) is 27.0 Å². The van der Waals surface area contributed by atoms with Crippen LogP contribution in [0.15, 0.2) is 0 Å². The van der Waals surface area contributed by atoms with Crippen molar-refractivity contribution >= 4 is 0 Å². The zero-order chi connectivity index (χ0) is 7.73. The van der Waals surface area contributed by atoms with E-state index in [0.717, 1.165) is 11.0 Å². The standard InChI is InChI=1S/C8H14N3.ClH/c9-1-5-11-6-2-10(3-7-11)4-8-11;/h2-8H2;1H/q+1;/p-1. The van der Waals surface area contributed by atoms with Gasteiger partial charge in [0.25, 0.3) is 0 Å². The van der Waals surface area contributed by atoms with Crippen LogP contribution in [0.1, 0.15) is 0 Å². The third-order valence-corrected chi connectivity index (χ3v) is 3.08. The van der Waals surface area contributed by atoms with Gasteiger partial charge in [0.1, 0.15) is 6.07 Å². The van der Waals surface area contributed by atoms with Crippen molar-refractivity contribution in [3.8, 4) is 6.07 Å². The maximum absolute atomic E-state index is 8.65. The predicted molar refractivity (Wildman–Crippen MR) is 41.8 cm³/mol. The molecule has 2 bridgehead atoms. The zero-order valence-electron chi connectivity index (χ0n) is 7.17. The Balaban J connectivity index is 0.000000720. The molecule has 0 radical (unpaired) electrons. The van der Waals surface area contributed by atoms with E-state index < -0.39 is 0 Å². The predicted octanol–water partition coefficient (Wildman–Crippen LogP) is -3.34. The Labute approximate surface area is 79.6 Å². The molecule has 0 atom stereocenters. The maximum atomic E-state index is 8.65. The summed E-state index contributed by atoms with van der Waals surface area (Å²) in [5.74, 6) is 0. The second kappa shape index (κ2) is 3.61. The summed E-state index contributed by atoms with van der Waals surface area (Å²) in [6, 6.07) is 2.31. The van der Waals surface area contributed by atoms with Crippen molar-refractivity contribution in [2.75, 3.05) is 45.8 Å².